The van der Waals surface area contributed by atoms with Crippen LogP contribution in [0.25, 0.3) is 0 Å². The average molecular weight is 763 g/mol. The molecule has 5 unspecified atom stereocenters. The summed E-state index contributed by atoms with van der Waals surface area (Å²) < 4.78 is 20.0. The molecule has 0 bridgehead atoms. The van der Waals surface area contributed by atoms with Crippen LogP contribution in [-0.2, 0) is 26.1 Å². The second-order valence-electron chi connectivity index (χ2n) is 15.7. The van der Waals surface area contributed by atoms with E-state index in [2.05, 4.69) is 97.0 Å². The number of hydrogen-bond acceptors (Lipinski definition) is 7. The number of nitrogens with one attached hydrogen (secondary N) is 1. The predicted octanol–water partition coefficient (Wildman–Crippen LogP) is 9.30. The van der Waals surface area contributed by atoms with Crippen LogP contribution in [0.2, 0.25) is 0 Å². The van der Waals surface area contributed by atoms with Gasteiger partial charge in [-0.3, -0.25) is 9.69 Å². The molecule has 8 rings (SSSR count). The molecule has 3 aromatic carbocycles. The van der Waals surface area contributed by atoms with Gasteiger partial charge in [0.2, 0.25) is 0 Å². The van der Waals surface area contributed by atoms with E-state index in [4.69, 9.17) is 14.0 Å². The lowest BCUT2D eigenvalue weighted by Gasteiger charge is -2.45. The van der Waals surface area contributed by atoms with Gasteiger partial charge in [0, 0.05) is 5.56 Å². The van der Waals surface area contributed by atoms with Crippen molar-refractivity contribution in [2.24, 2.45) is 23.2 Å². The van der Waals surface area contributed by atoms with E-state index in [0.717, 1.165) is 53.6 Å². The van der Waals surface area contributed by atoms with Crippen molar-refractivity contribution in [1.82, 2.24) is 15.4 Å². The number of nitrogens with zero attached hydrogens (tertiary/aromatic N) is 2. The minimum atomic E-state index is -0.548. The van der Waals surface area contributed by atoms with E-state index in [9.17, 15) is 4.79 Å². The van der Waals surface area contributed by atoms with Crippen LogP contribution in [0.5, 0.6) is 11.6 Å². The number of ketones is 1. The summed E-state index contributed by atoms with van der Waals surface area (Å²) in [6, 6.07) is 20.2. The van der Waals surface area contributed by atoms with Crippen molar-refractivity contribution in [3.05, 3.63) is 134 Å². The zero-order valence-corrected chi connectivity index (χ0v) is 32.4. The lowest BCUT2D eigenvalue weighted by atomic mass is 9.61. The van der Waals surface area contributed by atoms with Crippen molar-refractivity contribution in [2.75, 3.05) is 20.6 Å². The van der Waals surface area contributed by atoms with E-state index in [0.29, 0.717) is 42.3 Å². The van der Waals surface area contributed by atoms with Crippen LogP contribution >= 0.6 is 15.9 Å². The lowest BCUT2D eigenvalue weighted by molar-refractivity contribution is 0.0559. The molecule has 1 aromatic heterocycles. The molecule has 0 radical (unpaired) electrons. The van der Waals surface area contributed by atoms with Crippen molar-refractivity contribution in [2.45, 2.75) is 71.8 Å². The number of rotatable bonds is 12. The largest absolute Gasteiger partial charge is 0.487 e. The monoisotopic (exact) mass is 761 g/mol. The summed E-state index contributed by atoms with van der Waals surface area (Å²) in [7, 11) is 4.18. The molecule has 4 aliphatic carbocycles. The first kappa shape index (κ1) is 35.1. The van der Waals surface area contributed by atoms with Crippen molar-refractivity contribution in [1.29, 1.82) is 0 Å². The summed E-state index contributed by atoms with van der Waals surface area (Å²) in [6.45, 7) is 12.6. The number of fused-ring (bicyclic) bond motifs is 3. The second kappa shape index (κ2) is 13.8. The van der Waals surface area contributed by atoms with Crippen LogP contribution in [-0.4, -0.2) is 36.5 Å². The Hall–Kier alpha value is -3.98. The molecule has 4 aliphatic rings. The summed E-state index contributed by atoms with van der Waals surface area (Å²) in [6.07, 6.45) is 5.39. The minimum Gasteiger partial charge on any atom is -0.487 e. The lowest BCUT2D eigenvalue weighted by Crippen LogP contribution is -2.45. The fraction of sp³-hybridized carbons (Fsp3) is 0.409. The summed E-state index contributed by atoms with van der Waals surface area (Å²) in [5.41, 5.74) is 9.93. The zero-order chi connectivity index (χ0) is 36.3. The molecule has 52 heavy (non-hydrogen) atoms. The summed E-state index contributed by atoms with van der Waals surface area (Å²) >= 11 is 4.07. The van der Waals surface area contributed by atoms with Gasteiger partial charge < -0.3 is 19.3 Å². The number of Topliss-reactive ketones (excluding diaryl/α,β-unsaturated/α-hetero) is 1. The van der Waals surface area contributed by atoms with E-state index in [-0.39, 0.29) is 23.8 Å². The molecule has 1 N–H and O–H groups in total. The molecule has 1 spiro atoms. The van der Waals surface area contributed by atoms with Gasteiger partial charge in [-0.1, -0.05) is 91.7 Å². The molecular formula is C44H48BrN3O4. The van der Waals surface area contributed by atoms with Gasteiger partial charge in [-0.25, -0.2) is 0 Å². The fourth-order valence-electron chi connectivity index (χ4n) is 9.41. The van der Waals surface area contributed by atoms with E-state index in [1.54, 1.807) is 0 Å². The highest BCUT2D eigenvalue weighted by atomic mass is 79.9. The normalized spacial score (nSPS) is 23.4. The van der Waals surface area contributed by atoms with Crippen LogP contribution in [0, 0.1) is 30.1 Å². The maximum absolute atomic E-state index is 14.8. The Morgan fingerprint density at radius 3 is 2.37 bits per heavy atom. The number of benzene rings is 3. The molecule has 0 aliphatic heterocycles. The molecule has 8 heteroatoms. The highest BCUT2D eigenvalue weighted by molar-refractivity contribution is 9.10. The Morgan fingerprint density at radius 2 is 1.73 bits per heavy atom. The van der Waals surface area contributed by atoms with Gasteiger partial charge in [0.05, 0.1) is 22.0 Å². The van der Waals surface area contributed by atoms with Crippen LogP contribution in [0.15, 0.2) is 93.5 Å². The van der Waals surface area contributed by atoms with Crippen molar-refractivity contribution < 1.29 is 18.8 Å². The summed E-state index contributed by atoms with van der Waals surface area (Å²) in [5, 5.41) is 8.12. The van der Waals surface area contributed by atoms with Gasteiger partial charge >= 0.3 is 0 Å². The second-order valence-corrected chi connectivity index (χ2v) is 16.5. The molecule has 0 saturated heterocycles. The topological polar surface area (TPSA) is 76.8 Å². The minimum absolute atomic E-state index is 0.0272. The molecule has 1 heterocycles. The summed E-state index contributed by atoms with van der Waals surface area (Å²) in [4.78, 5) is 17.0. The first-order valence-corrected chi connectivity index (χ1v) is 19.4. The number of ether oxygens (including phenoxy) is 2. The molecule has 7 nitrogen and oxygen atoms in total. The van der Waals surface area contributed by atoms with Gasteiger partial charge in [0.25, 0.3) is 5.88 Å². The first-order valence-electron chi connectivity index (χ1n) is 18.6. The maximum Gasteiger partial charge on any atom is 0.265 e. The van der Waals surface area contributed by atoms with Crippen molar-refractivity contribution >= 4 is 21.7 Å². The molecule has 1 saturated carbocycles. The molecule has 270 valence electrons. The number of allylic oxidation sites excluding steroid dienone is 2. The quantitative estimate of drug-likeness (QED) is 0.144. The third-order valence-electron chi connectivity index (χ3n) is 11.9. The highest BCUT2D eigenvalue weighted by Gasteiger charge is 2.70. The molecule has 0 amide bonds. The van der Waals surface area contributed by atoms with Crippen molar-refractivity contribution in [3.63, 3.8) is 0 Å². The van der Waals surface area contributed by atoms with Gasteiger partial charge in [0.1, 0.15) is 24.5 Å². The van der Waals surface area contributed by atoms with Gasteiger partial charge in [-0.05, 0) is 120 Å². The van der Waals surface area contributed by atoms with E-state index in [1.807, 2.05) is 42.5 Å². The smallest absolute Gasteiger partial charge is 0.265 e. The van der Waals surface area contributed by atoms with Gasteiger partial charge in [-0.15, -0.1) is 6.58 Å². The third-order valence-corrected chi connectivity index (χ3v) is 12.7. The number of hydrogen-bond donors (Lipinski definition) is 1. The third kappa shape index (κ3) is 5.78. The van der Waals surface area contributed by atoms with Crippen LogP contribution in [0.3, 0.4) is 0 Å². The Labute approximate surface area is 315 Å². The summed E-state index contributed by atoms with van der Waals surface area (Å²) in [5.74, 6) is 2.89. The molecule has 1 fully saturated rings. The van der Waals surface area contributed by atoms with E-state index in [1.165, 1.54) is 33.4 Å². The Bertz CT molecular complexity index is 2050. The van der Waals surface area contributed by atoms with Gasteiger partial charge in [0.15, 0.2) is 11.5 Å². The van der Waals surface area contributed by atoms with Crippen LogP contribution < -0.4 is 14.8 Å². The Kier molecular flexibility index (Phi) is 9.29. The molecule has 5 atom stereocenters. The SMILES string of the molecule is C=CC(NCC(C)C)c1c(C)c2c(c(OCc3ccccc3)c1Br)CC1=C3CC34C(=O)c3c(OCc5ccccc5)noc3C(N(C)C)C4CC1C2. The van der Waals surface area contributed by atoms with E-state index < -0.39 is 5.41 Å². The van der Waals surface area contributed by atoms with E-state index >= 15 is 0 Å². The molecule has 4 aromatic rings. The first-order chi connectivity index (χ1) is 25.1. The van der Waals surface area contributed by atoms with Crippen LogP contribution in [0.4, 0.5) is 0 Å². The highest BCUT2D eigenvalue weighted by Crippen LogP contribution is 2.72. The van der Waals surface area contributed by atoms with Crippen molar-refractivity contribution in [3.8, 4) is 11.6 Å². The number of carbonyl (C=O) groups is 1. The van der Waals surface area contributed by atoms with Gasteiger partial charge in [-0.2, -0.15) is 0 Å². The Morgan fingerprint density at radius 1 is 1.06 bits per heavy atom. The maximum atomic E-state index is 14.8. The van der Waals surface area contributed by atoms with Crippen LogP contribution in [0.1, 0.15) is 88.3 Å². The number of carbonyl (C=O) groups excluding carboxylic acids is 1. The number of halogens is 1. The fourth-order valence-corrected chi connectivity index (χ4v) is 10.3. The zero-order valence-electron chi connectivity index (χ0n) is 30.8. The Balaban J connectivity index is 1.19. The number of aromatic nitrogens is 1. The standard InChI is InChI=1S/C44H48BrN3O4/c1-7-35(46-22-25(2)3)36-26(4)30-18-29-19-33-39(48(5)6)41-37(43(47-52-41)51-24-28-16-12-9-13-17-28)42(49)44(33)21-34(44)31(29)20-32(30)40(38(36)45)50-23-27-14-10-8-11-15-27/h7-17,25,29,33,35,39,46H,1,18-24H2,2-6H3. The predicted molar refractivity (Wildman–Crippen MR) is 207 cm³/mol. The molecular weight excluding hydrogens is 714 g/mol. The average Bonchev–Trinajstić information content (AvgIpc) is 3.78.